The molecule has 1 aliphatic heterocycles. The summed E-state index contributed by atoms with van der Waals surface area (Å²) in [6.45, 7) is 7.20. The Balaban J connectivity index is 1.51. The number of rotatable bonds is 7. The first-order valence-electron chi connectivity index (χ1n) is 13.4. The van der Waals surface area contributed by atoms with Gasteiger partial charge in [-0.2, -0.15) is 9.98 Å². The van der Waals surface area contributed by atoms with Gasteiger partial charge in [-0.15, -0.1) is 10.2 Å². The molecule has 16 heteroatoms. The van der Waals surface area contributed by atoms with Crippen molar-refractivity contribution in [3.05, 3.63) is 29.5 Å². The Morgan fingerprint density at radius 2 is 1.98 bits per heavy atom. The van der Waals surface area contributed by atoms with Gasteiger partial charge in [0, 0.05) is 37.0 Å². The van der Waals surface area contributed by atoms with Crippen LogP contribution in [0.3, 0.4) is 0 Å². The minimum atomic E-state index is -4.09. The van der Waals surface area contributed by atoms with E-state index in [1.54, 1.807) is 6.07 Å². The van der Waals surface area contributed by atoms with Crippen molar-refractivity contribution in [3.63, 3.8) is 0 Å². The van der Waals surface area contributed by atoms with E-state index in [-0.39, 0.29) is 27.9 Å². The van der Waals surface area contributed by atoms with Gasteiger partial charge in [0.2, 0.25) is 21.1 Å². The van der Waals surface area contributed by atoms with Gasteiger partial charge >= 0.3 is 0 Å². The molecule has 3 aromatic heterocycles. The fraction of sp³-hybridized carbons (Fsp3) is 0.462. The van der Waals surface area contributed by atoms with Crippen molar-refractivity contribution in [2.24, 2.45) is 5.92 Å². The van der Waals surface area contributed by atoms with Crippen LogP contribution >= 0.6 is 11.3 Å². The van der Waals surface area contributed by atoms with Crippen molar-refractivity contribution in [2.45, 2.75) is 56.5 Å². The molecule has 0 bridgehead atoms. The molecular weight excluding hydrogens is 588 g/mol. The van der Waals surface area contributed by atoms with Crippen LogP contribution in [0.25, 0.3) is 27.1 Å². The van der Waals surface area contributed by atoms with Gasteiger partial charge in [0.05, 0.1) is 21.9 Å². The van der Waals surface area contributed by atoms with Crippen molar-refractivity contribution < 1.29 is 22.0 Å². The molecule has 12 nitrogen and oxygen atoms in total. The number of nitriles is 1. The average molecular weight is 616 g/mol. The van der Waals surface area contributed by atoms with Crippen molar-refractivity contribution in [3.8, 4) is 11.2 Å². The van der Waals surface area contributed by atoms with E-state index >= 15 is 0 Å². The van der Waals surface area contributed by atoms with Crippen LogP contribution in [0.2, 0.25) is 0 Å². The van der Waals surface area contributed by atoms with Crippen LogP contribution in [0.1, 0.15) is 45.0 Å². The molecule has 220 valence electrons. The molecule has 4 heterocycles. The molecular formula is C26H27F2N9O3S2. The highest BCUT2D eigenvalue weighted by Gasteiger charge is 2.47. The van der Waals surface area contributed by atoms with Crippen LogP contribution in [0.4, 0.5) is 14.6 Å². The third-order valence-electron chi connectivity index (χ3n) is 7.61. The second-order valence-electron chi connectivity index (χ2n) is 10.9. The second-order valence-corrected chi connectivity index (χ2v) is 13.6. The van der Waals surface area contributed by atoms with E-state index in [0.717, 1.165) is 0 Å². The predicted octanol–water partition coefficient (Wildman–Crippen LogP) is 3.39. The van der Waals surface area contributed by atoms with Gasteiger partial charge in [-0.25, -0.2) is 27.2 Å². The maximum absolute atomic E-state index is 13.5. The van der Waals surface area contributed by atoms with Crippen molar-refractivity contribution in [1.29, 1.82) is 5.26 Å². The molecule has 1 aromatic carbocycles. The number of benzene rings is 1. The van der Waals surface area contributed by atoms with E-state index in [1.165, 1.54) is 23.0 Å². The van der Waals surface area contributed by atoms with E-state index in [0.29, 0.717) is 71.6 Å². The number of nitrogens with zero attached hydrogens (tertiary/aromatic N) is 8. The largest absolute Gasteiger partial charge is 0.352 e. The number of aromatic nitrogens is 5. The lowest BCUT2D eigenvalue weighted by molar-refractivity contribution is -0.136. The highest BCUT2D eigenvalue weighted by molar-refractivity contribution is 7.89. The van der Waals surface area contributed by atoms with Gasteiger partial charge in [-0.3, -0.25) is 9.36 Å². The number of alkyl halides is 2. The molecule has 1 saturated heterocycles. The van der Waals surface area contributed by atoms with Gasteiger partial charge in [0.1, 0.15) is 17.7 Å². The summed E-state index contributed by atoms with van der Waals surface area (Å²) in [5.41, 5.74) is -0.422. The molecule has 1 saturated carbocycles. The third-order valence-corrected chi connectivity index (χ3v) is 10.1. The molecule has 1 N–H and O–H groups in total. The van der Waals surface area contributed by atoms with Crippen LogP contribution in [-0.2, 0) is 14.8 Å². The number of carbonyl (C=O) groups is 1. The molecule has 2 aliphatic rings. The lowest BCUT2D eigenvalue weighted by Gasteiger charge is -2.41. The maximum atomic E-state index is 13.5. The van der Waals surface area contributed by atoms with Gasteiger partial charge in [0.15, 0.2) is 10.7 Å². The zero-order valence-corrected chi connectivity index (χ0v) is 24.6. The van der Waals surface area contributed by atoms with Crippen molar-refractivity contribution in [1.82, 2.24) is 34.4 Å². The summed E-state index contributed by atoms with van der Waals surface area (Å²) in [6.07, 6.45) is -0.636. The minimum Gasteiger partial charge on any atom is -0.352 e. The summed E-state index contributed by atoms with van der Waals surface area (Å²) in [5.74, 6) is 0.515. The first-order chi connectivity index (χ1) is 19.9. The quantitative estimate of drug-likeness (QED) is 0.330. The number of anilines is 1. The van der Waals surface area contributed by atoms with E-state index in [4.69, 9.17) is 0 Å². The molecule has 0 radical (unpaired) electrons. The van der Waals surface area contributed by atoms with Gasteiger partial charge < -0.3 is 9.80 Å². The fourth-order valence-electron chi connectivity index (χ4n) is 5.29. The topological polar surface area (TPSA) is 150 Å². The van der Waals surface area contributed by atoms with Crippen LogP contribution in [-0.4, -0.2) is 75.2 Å². The Morgan fingerprint density at radius 3 is 2.60 bits per heavy atom. The molecule has 1 amide bonds. The lowest BCUT2D eigenvalue weighted by atomic mass is 10.1. The summed E-state index contributed by atoms with van der Waals surface area (Å²) in [5, 5.41) is 17.8. The normalized spacial score (nSPS) is 18.8. The number of hydrogen-bond donors (Lipinski definition) is 1. The Kier molecular flexibility index (Phi) is 6.86. The van der Waals surface area contributed by atoms with E-state index < -0.39 is 27.0 Å². The van der Waals surface area contributed by atoms with Crippen LogP contribution < -0.4 is 9.62 Å². The molecule has 1 unspecified atom stereocenters. The Morgan fingerprint density at radius 1 is 1.21 bits per heavy atom. The van der Waals surface area contributed by atoms with Crippen LogP contribution in [0, 0.1) is 17.2 Å². The smallest absolute Gasteiger partial charge is 0.291 e. The summed E-state index contributed by atoms with van der Waals surface area (Å²) >= 11 is 0.678. The van der Waals surface area contributed by atoms with Crippen LogP contribution in [0.5, 0.6) is 0 Å². The van der Waals surface area contributed by atoms with E-state index in [9.17, 15) is 27.3 Å². The molecule has 0 spiro atoms. The molecule has 42 heavy (non-hydrogen) atoms. The first-order valence-corrected chi connectivity index (χ1v) is 15.7. The van der Waals surface area contributed by atoms with Crippen molar-refractivity contribution in [2.75, 3.05) is 24.5 Å². The Hall–Kier alpha value is -3.81. The zero-order valence-electron chi connectivity index (χ0n) is 23.0. The lowest BCUT2D eigenvalue weighted by Crippen LogP contribution is -2.55. The number of amides is 1. The summed E-state index contributed by atoms with van der Waals surface area (Å²) in [6, 6.07) is 6.40. The zero-order chi connectivity index (χ0) is 30.0. The number of piperazine rings is 1. The summed E-state index contributed by atoms with van der Waals surface area (Å²) < 4.78 is 57.5. The SMILES string of the molecule is CC(C)C(=O)N1CCN(c2ncnc3c2c2ccc(S(=O)(=O)NC4(C#N)CC4)cc2n3-c2nnc(C(F)F)s2)CC1C. The summed E-state index contributed by atoms with van der Waals surface area (Å²) in [4.78, 5) is 25.6. The van der Waals surface area contributed by atoms with Gasteiger partial charge in [-0.05, 0) is 31.9 Å². The predicted molar refractivity (Wildman–Crippen MR) is 151 cm³/mol. The number of sulfonamides is 1. The average Bonchev–Trinajstić information content (AvgIpc) is 3.40. The molecule has 2 fully saturated rings. The first kappa shape index (κ1) is 28.3. The summed E-state index contributed by atoms with van der Waals surface area (Å²) in [7, 11) is -4.09. The molecule has 6 rings (SSSR count). The van der Waals surface area contributed by atoms with E-state index in [1.807, 2.05) is 36.6 Å². The maximum Gasteiger partial charge on any atom is 0.291 e. The van der Waals surface area contributed by atoms with Gasteiger partial charge in [-0.1, -0.05) is 31.3 Å². The highest BCUT2D eigenvalue weighted by Crippen LogP contribution is 2.40. The highest BCUT2D eigenvalue weighted by atomic mass is 32.2. The van der Waals surface area contributed by atoms with Gasteiger partial charge in [0.25, 0.3) is 6.43 Å². The minimum absolute atomic E-state index is 0.0735. The number of nitrogens with one attached hydrogen (secondary N) is 1. The fourth-order valence-corrected chi connectivity index (χ4v) is 7.40. The number of carbonyl (C=O) groups excluding carboxylic acids is 1. The van der Waals surface area contributed by atoms with Crippen molar-refractivity contribution >= 4 is 55.0 Å². The molecule has 4 aromatic rings. The van der Waals surface area contributed by atoms with E-state index in [2.05, 4.69) is 24.9 Å². The monoisotopic (exact) mass is 615 g/mol. The number of hydrogen-bond acceptors (Lipinski definition) is 10. The number of fused-ring (bicyclic) bond motifs is 3. The standard InChI is InChI=1S/C26H27F2N9O3S2/c1-14(2)24(38)36-9-8-35(11-15(36)3)21-19-17-5-4-16(42(39,40)34-26(12-29)6-7-26)10-18(17)37(22(19)31-13-30-21)25-33-32-23(41-25)20(27)28/h4-5,10,13-15,20,34H,6-9,11H2,1-3H3. The second kappa shape index (κ2) is 10.2. The number of halogens is 2. The Bertz CT molecular complexity index is 1860. The van der Waals surface area contributed by atoms with Crippen LogP contribution in [0.15, 0.2) is 29.4 Å². The third kappa shape index (κ3) is 4.74. The molecule has 1 aliphatic carbocycles. The Labute approximate surface area is 244 Å². The molecule has 1 atom stereocenters.